The highest BCUT2D eigenvalue weighted by Gasteiger charge is 2.36. The normalized spacial score (nSPS) is 22.9. The molecule has 0 aliphatic carbocycles. The maximum absolute atomic E-state index is 11.7. The van der Waals surface area contributed by atoms with Gasteiger partial charge in [0.05, 0.1) is 12.1 Å². The van der Waals surface area contributed by atoms with Gasteiger partial charge in [-0.15, -0.1) is 0 Å². The first-order valence-electron chi connectivity index (χ1n) is 4.99. The average Bonchev–Trinajstić information content (AvgIpc) is 2.28. The number of thiocarbonyl (C=S) groups is 1. The third-order valence-corrected chi connectivity index (χ3v) is 3.36. The van der Waals surface area contributed by atoms with Gasteiger partial charge in [-0.3, -0.25) is 4.79 Å². The first-order chi connectivity index (χ1) is 8.52. The minimum absolute atomic E-state index is 0.183. The number of nitriles is 1. The van der Waals surface area contributed by atoms with Crippen LogP contribution in [0.25, 0.3) is 0 Å². The monoisotopic (exact) mass is 299 g/mol. The van der Waals surface area contributed by atoms with Crippen LogP contribution in [0.1, 0.15) is 11.6 Å². The van der Waals surface area contributed by atoms with E-state index in [0.717, 1.165) is 0 Å². The maximum Gasteiger partial charge on any atom is 0.245 e. The van der Waals surface area contributed by atoms with Gasteiger partial charge in [0.25, 0.3) is 0 Å². The van der Waals surface area contributed by atoms with Crippen LogP contribution in [0.15, 0.2) is 18.2 Å². The molecule has 0 unspecified atom stereocenters. The molecule has 1 aliphatic rings. The van der Waals surface area contributed by atoms with Crippen molar-refractivity contribution in [2.75, 3.05) is 0 Å². The highest BCUT2D eigenvalue weighted by molar-refractivity contribution is 7.80. The number of benzene rings is 1. The van der Waals surface area contributed by atoms with Crippen molar-refractivity contribution in [2.24, 2.45) is 5.92 Å². The van der Waals surface area contributed by atoms with Crippen LogP contribution in [0.5, 0.6) is 0 Å². The molecule has 2 atom stereocenters. The second kappa shape index (κ2) is 5.11. The fourth-order valence-electron chi connectivity index (χ4n) is 1.75. The van der Waals surface area contributed by atoms with Gasteiger partial charge in [-0.2, -0.15) is 5.26 Å². The largest absolute Gasteiger partial charge is 0.354 e. The molecule has 2 N–H and O–H groups in total. The van der Waals surface area contributed by atoms with Crippen molar-refractivity contribution in [1.82, 2.24) is 10.6 Å². The predicted molar refractivity (Wildman–Crippen MR) is 72.2 cm³/mol. The number of amides is 1. The molecule has 1 aromatic rings. The van der Waals surface area contributed by atoms with Crippen molar-refractivity contribution in [3.8, 4) is 6.07 Å². The Balaban J connectivity index is 2.43. The fraction of sp³-hybridized carbons (Fsp3) is 0.182. The second-order valence-electron chi connectivity index (χ2n) is 3.71. The summed E-state index contributed by atoms with van der Waals surface area (Å²) in [6.45, 7) is 0. The molecule has 0 bridgehead atoms. The third-order valence-electron chi connectivity index (χ3n) is 2.58. The first-order valence-corrected chi connectivity index (χ1v) is 6.15. The molecule has 1 heterocycles. The Hall–Kier alpha value is -1.35. The van der Waals surface area contributed by atoms with Gasteiger partial charge in [-0.1, -0.05) is 29.3 Å². The number of halogens is 2. The minimum Gasteiger partial charge on any atom is -0.354 e. The molecule has 7 heteroatoms. The zero-order chi connectivity index (χ0) is 13.3. The number of hydrogen-bond donors (Lipinski definition) is 2. The zero-order valence-corrected chi connectivity index (χ0v) is 11.2. The van der Waals surface area contributed by atoms with Crippen LogP contribution in [0.3, 0.4) is 0 Å². The highest BCUT2D eigenvalue weighted by Crippen LogP contribution is 2.31. The van der Waals surface area contributed by atoms with Crippen LogP contribution in [0.2, 0.25) is 10.0 Å². The molecule has 0 saturated carbocycles. The van der Waals surface area contributed by atoms with E-state index in [1.54, 1.807) is 18.2 Å². The van der Waals surface area contributed by atoms with Crippen molar-refractivity contribution >= 4 is 46.4 Å². The molecular formula is C11H7Cl2N3OS. The van der Waals surface area contributed by atoms with Gasteiger partial charge < -0.3 is 10.6 Å². The summed E-state index contributed by atoms with van der Waals surface area (Å²) in [5.41, 5.74) is 0.616. The molecule has 1 aromatic carbocycles. The lowest BCUT2D eigenvalue weighted by Crippen LogP contribution is -2.53. The summed E-state index contributed by atoms with van der Waals surface area (Å²) in [4.78, 5) is 11.7. The van der Waals surface area contributed by atoms with E-state index in [2.05, 4.69) is 10.6 Å². The molecule has 2 rings (SSSR count). The lowest BCUT2D eigenvalue weighted by molar-refractivity contribution is -0.123. The molecule has 0 spiro atoms. The van der Waals surface area contributed by atoms with Crippen molar-refractivity contribution in [1.29, 1.82) is 5.26 Å². The number of hydrogen-bond acceptors (Lipinski definition) is 3. The van der Waals surface area contributed by atoms with Crippen LogP contribution in [0, 0.1) is 17.2 Å². The Morgan fingerprint density at radius 2 is 2.11 bits per heavy atom. The predicted octanol–water partition coefficient (Wildman–Crippen LogP) is 2.18. The summed E-state index contributed by atoms with van der Waals surface area (Å²) in [6.07, 6.45) is 0. The second-order valence-corrected chi connectivity index (χ2v) is 4.96. The van der Waals surface area contributed by atoms with Gasteiger partial charge in [0.1, 0.15) is 5.92 Å². The fourth-order valence-corrected chi connectivity index (χ4v) is 2.50. The molecule has 4 nitrogen and oxygen atoms in total. The smallest absolute Gasteiger partial charge is 0.245 e. The van der Waals surface area contributed by atoms with E-state index in [0.29, 0.717) is 15.6 Å². The number of rotatable bonds is 1. The van der Waals surface area contributed by atoms with Crippen molar-refractivity contribution in [2.45, 2.75) is 6.04 Å². The Labute approximate surface area is 119 Å². The van der Waals surface area contributed by atoms with Gasteiger partial charge in [0.2, 0.25) is 5.91 Å². The Bertz CT molecular complexity index is 570. The minimum atomic E-state index is -0.893. The van der Waals surface area contributed by atoms with Gasteiger partial charge in [0, 0.05) is 10.0 Å². The molecule has 92 valence electrons. The molecule has 1 saturated heterocycles. The van der Waals surface area contributed by atoms with Gasteiger partial charge in [0.15, 0.2) is 5.11 Å². The van der Waals surface area contributed by atoms with Crippen LogP contribution in [-0.2, 0) is 4.79 Å². The third kappa shape index (κ3) is 2.41. The van der Waals surface area contributed by atoms with Gasteiger partial charge >= 0.3 is 0 Å². The van der Waals surface area contributed by atoms with E-state index in [4.69, 9.17) is 40.7 Å². The van der Waals surface area contributed by atoms with Crippen molar-refractivity contribution < 1.29 is 4.79 Å². The summed E-state index contributed by atoms with van der Waals surface area (Å²) in [5.74, 6) is -1.33. The Morgan fingerprint density at radius 3 is 2.72 bits per heavy atom. The molecule has 1 aliphatic heterocycles. The van der Waals surface area contributed by atoms with Crippen LogP contribution < -0.4 is 10.6 Å². The molecular weight excluding hydrogens is 293 g/mol. The number of carbonyl (C=O) groups is 1. The maximum atomic E-state index is 11.7. The van der Waals surface area contributed by atoms with Crippen LogP contribution in [-0.4, -0.2) is 11.0 Å². The number of carbonyl (C=O) groups excluding carboxylic acids is 1. The van der Waals surface area contributed by atoms with E-state index >= 15 is 0 Å². The van der Waals surface area contributed by atoms with Crippen LogP contribution >= 0.6 is 35.4 Å². The van der Waals surface area contributed by atoms with Crippen molar-refractivity contribution in [3.63, 3.8) is 0 Å². The number of nitrogens with zero attached hydrogens (tertiary/aromatic N) is 1. The van der Waals surface area contributed by atoms with Crippen molar-refractivity contribution in [3.05, 3.63) is 33.8 Å². The average molecular weight is 300 g/mol. The van der Waals surface area contributed by atoms with Gasteiger partial charge in [-0.25, -0.2) is 0 Å². The van der Waals surface area contributed by atoms with E-state index in [9.17, 15) is 4.79 Å². The summed E-state index contributed by atoms with van der Waals surface area (Å²) in [6, 6.07) is 6.25. The summed E-state index contributed by atoms with van der Waals surface area (Å²) >= 11 is 16.8. The number of nitrogens with one attached hydrogen (secondary N) is 2. The molecule has 18 heavy (non-hydrogen) atoms. The van der Waals surface area contributed by atoms with Gasteiger partial charge in [-0.05, 0) is 29.9 Å². The lowest BCUT2D eigenvalue weighted by Gasteiger charge is -2.29. The quantitative estimate of drug-likeness (QED) is 0.780. The SMILES string of the molecule is N#C[C@H]1C(=O)NC(=S)N[C@@H]1c1ccc(Cl)cc1Cl. The summed E-state index contributed by atoms with van der Waals surface area (Å²) in [7, 11) is 0. The Kier molecular flexibility index (Phi) is 3.71. The molecule has 0 aromatic heterocycles. The van der Waals surface area contributed by atoms with E-state index in [-0.39, 0.29) is 5.11 Å². The van der Waals surface area contributed by atoms with E-state index in [1.807, 2.05) is 6.07 Å². The van der Waals surface area contributed by atoms with E-state index in [1.165, 1.54) is 0 Å². The summed E-state index contributed by atoms with van der Waals surface area (Å²) in [5, 5.41) is 15.4. The topological polar surface area (TPSA) is 64.9 Å². The molecule has 1 fully saturated rings. The lowest BCUT2D eigenvalue weighted by atomic mass is 9.92. The van der Waals surface area contributed by atoms with Crippen LogP contribution in [0.4, 0.5) is 0 Å². The van der Waals surface area contributed by atoms with E-state index < -0.39 is 17.9 Å². The molecule has 1 amide bonds. The Morgan fingerprint density at radius 1 is 1.39 bits per heavy atom. The highest BCUT2D eigenvalue weighted by atomic mass is 35.5. The first kappa shape index (κ1) is 13.1. The molecule has 0 radical (unpaired) electrons. The zero-order valence-electron chi connectivity index (χ0n) is 8.91. The summed E-state index contributed by atoms with van der Waals surface area (Å²) < 4.78 is 0. The standard InChI is InChI=1S/C11H7Cl2N3OS/c12-5-1-2-6(8(13)3-5)9-7(4-14)10(17)16-11(18)15-9/h1-3,7,9H,(H2,15,16,17,18)/t7-,9-/m1/s1.